The number of hydrogen-bond acceptors (Lipinski definition) is 6. The molecule has 3 heterocycles. The maximum atomic E-state index is 12.7. The summed E-state index contributed by atoms with van der Waals surface area (Å²) in [5, 5.41) is 12.1. The number of carboxylic acid groups (broad SMARTS) is 1. The van der Waals surface area contributed by atoms with E-state index in [0.717, 1.165) is 10.5 Å². The molecule has 1 aromatic carbocycles. The zero-order valence-corrected chi connectivity index (χ0v) is 17.5. The molecule has 2 aliphatic rings. The van der Waals surface area contributed by atoms with Crippen LogP contribution in [-0.4, -0.2) is 55.7 Å². The molecule has 7 nitrogen and oxygen atoms in total. The number of benzene rings is 1. The average Bonchev–Trinajstić information content (AvgIpc) is 2.77. The van der Waals surface area contributed by atoms with Gasteiger partial charge in [-0.25, -0.2) is 4.79 Å². The normalized spacial score (nSPS) is 20.4. The summed E-state index contributed by atoms with van der Waals surface area (Å²) in [5.41, 5.74) is 1.75. The van der Waals surface area contributed by atoms with Crippen molar-refractivity contribution in [1.82, 2.24) is 15.2 Å². The molecule has 1 fully saturated rings. The van der Waals surface area contributed by atoms with Crippen LogP contribution in [0.25, 0.3) is 0 Å². The molecule has 4 rings (SSSR count). The van der Waals surface area contributed by atoms with Crippen LogP contribution in [0, 0.1) is 0 Å². The van der Waals surface area contributed by atoms with E-state index in [-0.39, 0.29) is 23.3 Å². The monoisotopic (exact) mass is 441 g/mol. The van der Waals surface area contributed by atoms with E-state index in [1.54, 1.807) is 12.4 Å². The number of nitrogens with one attached hydrogen (secondary N) is 1. The van der Waals surface area contributed by atoms with Gasteiger partial charge in [0.05, 0.1) is 5.75 Å². The lowest BCUT2D eigenvalue weighted by Gasteiger charge is -2.49. The summed E-state index contributed by atoms with van der Waals surface area (Å²) in [6.45, 7) is 0. The molecule has 1 aromatic heterocycles. The molecule has 2 aliphatic heterocycles. The van der Waals surface area contributed by atoms with E-state index in [4.69, 9.17) is 0 Å². The SMILES string of the molecule is O=C(CSc1ccncc1)N[C@@H]1C(=O)N2C(C(=O)O)=C(Cc3ccccc3)CS[C@H]12. The van der Waals surface area contributed by atoms with Gasteiger partial charge in [-0.3, -0.25) is 19.5 Å². The van der Waals surface area contributed by atoms with Crippen molar-refractivity contribution in [3.63, 3.8) is 0 Å². The number of amides is 2. The van der Waals surface area contributed by atoms with Crippen molar-refractivity contribution in [1.29, 1.82) is 0 Å². The molecule has 1 saturated heterocycles. The third-order valence-corrected chi connectivity index (χ3v) is 7.20. The van der Waals surface area contributed by atoms with Gasteiger partial charge in [-0.2, -0.15) is 0 Å². The second-order valence-electron chi connectivity index (χ2n) is 6.85. The lowest BCUT2D eigenvalue weighted by molar-refractivity contribution is -0.150. The number of aromatic nitrogens is 1. The van der Waals surface area contributed by atoms with Crippen molar-refractivity contribution in [3.8, 4) is 0 Å². The summed E-state index contributed by atoms with van der Waals surface area (Å²) < 4.78 is 0. The predicted octanol–water partition coefficient (Wildman–Crippen LogP) is 2.16. The summed E-state index contributed by atoms with van der Waals surface area (Å²) in [6, 6.07) is 12.5. The molecule has 30 heavy (non-hydrogen) atoms. The summed E-state index contributed by atoms with van der Waals surface area (Å²) in [7, 11) is 0. The topological polar surface area (TPSA) is 99.6 Å². The molecule has 2 N–H and O–H groups in total. The molecule has 0 bridgehead atoms. The summed E-state index contributed by atoms with van der Waals surface area (Å²) in [6.07, 6.45) is 3.78. The maximum Gasteiger partial charge on any atom is 0.352 e. The lowest BCUT2D eigenvalue weighted by atomic mass is 9.99. The minimum atomic E-state index is -1.11. The molecule has 2 amide bonds. The number of pyridine rings is 1. The summed E-state index contributed by atoms with van der Waals surface area (Å²) >= 11 is 2.84. The first-order chi connectivity index (χ1) is 14.5. The van der Waals surface area contributed by atoms with Crippen molar-refractivity contribution < 1.29 is 19.5 Å². The largest absolute Gasteiger partial charge is 0.477 e. The van der Waals surface area contributed by atoms with Gasteiger partial charge >= 0.3 is 5.97 Å². The van der Waals surface area contributed by atoms with Crippen molar-refractivity contribution in [2.24, 2.45) is 0 Å². The Labute approximate surface area is 181 Å². The Morgan fingerprint density at radius 3 is 2.63 bits per heavy atom. The van der Waals surface area contributed by atoms with Gasteiger partial charge < -0.3 is 10.4 Å². The van der Waals surface area contributed by atoms with Gasteiger partial charge in [0.1, 0.15) is 17.1 Å². The molecule has 0 radical (unpaired) electrons. The first-order valence-electron chi connectivity index (χ1n) is 9.30. The van der Waals surface area contributed by atoms with Crippen LogP contribution in [0.1, 0.15) is 5.56 Å². The number of carbonyl (C=O) groups excluding carboxylic acids is 2. The molecule has 9 heteroatoms. The number of carboxylic acids is 1. The van der Waals surface area contributed by atoms with Crippen molar-refractivity contribution in [2.45, 2.75) is 22.7 Å². The fourth-order valence-corrected chi connectivity index (χ4v) is 5.50. The van der Waals surface area contributed by atoms with E-state index >= 15 is 0 Å². The molecule has 2 aromatic rings. The number of hydrogen-bond donors (Lipinski definition) is 2. The second kappa shape index (κ2) is 8.93. The molecule has 2 atom stereocenters. The average molecular weight is 442 g/mol. The Hall–Kier alpha value is -2.78. The Morgan fingerprint density at radius 2 is 1.93 bits per heavy atom. The number of nitrogens with zero attached hydrogens (tertiary/aromatic N) is 2. The highest BCUT2D eigenvalue weighted by Gasteiger charge is 2.54. The van der Waals surface area contributed by atoms with Gasteiger partial charge in [0, 0.05) is 23.0 Å². The van der Waals surface area contributed by atoms with E-state index in [0.29, 0.717) is 17.7 Å². The minimum absolute atomic E-state index is 0.0456. The van der Waals surface area contributed by atoms with Crippen molar-refractivity contribution in [2.75, 3.05) is 11.5 Å². The first kappa shape index (κ1) is 20.5. The number of fused-ring (bicyclic) bond motifs is 1. The second-order valence-corrected chi connectivity index (χ2v) is 9.00. The maximum absolute atomic E-state index is 12.7. The quantitative estimate of drug-likeness (QED) is 0.502. The van der Waals surface area contributed by atoms with Crippen LogP contribution in [0.4, 0.5) is 0 Å². The zero-order chi connectivity index (χ0) is 21.1. The first-order valence-corrected chi connectivity index (χ1v) is 11.3. The number of rotatable bonds is 7. The van der Waals surface area contributed by atoms with Crippen LogP contribution in [0.3, 0.4) is 0 Å². The number of thioether (sulfide) groups is 2. The summed E-state index contributed by atoms with van der Waals surface area (Å²) in [5.74, 6) is -1.07. The predicted molar refractivity (Wildman–Crippen MR) is 115 cm³/mol. The highest BCUT2D eigenvalue weighted by molar-refractivity contribution is 8.00. The third-order valence-electron chi connectivity index (χ3n) is 4.85. The Kier molecular flexibility index (Phi) is 6.10. The van der Waals surface area contributed by atoms with E-state index in [9.17, 15) is 19.5 Å². The number of carbonyl (C=O) groups is 3. The fourth-order valence-electron chi connectivity index (χ4n) is 3.46. The van der Waals surface area contributed by atoms with Crippen molar-refractivity contribution >= 4 is 41.3 Å². The smallest absolute Gasteiger partial charge is 0.352 e. The van der Waals surface area contributed by atoms with Crippen LogP contribution in [-0.2, 0) is 20.8 Å². The molecule has 0 spiro atoms. The Morgan fingerprint density at radius 1 is 1.20 bits per heavy atom. The van der Waals surface area contributed by atoms with Gasteiger partial charge in [0.2, 0.25) is 5.91 Å². The Bertz CT molecular complexity index is 998. The fraction of sp³-hybridized carbons (Fsp3) is 0.238. The van der Waals surface area contributed by atoms with Crippen molar-refractivity contribution in [3.05, 3.63) is 71.7 Å². The summed E-state index contributed by atoms with van der Waals surface area (Å²) in [4.78, 5) is 43.1. The van der Waals surface area contributed by atoms with Gasteiger partial charge in [-0.1, -0.05) is 30.3 Å². The van der Waals surface area contributed by atoms with Gasteiger partial charge in [-0.05, 0) is 29.7 Å². The molecule has 0 saturated carbocycles. The minimum Gasteiger partial charge on any atom is -0.477 e. The molecule has 0 aliphatic carbocycles. The van der Waals surface area contributed by atoms with E-state index in [1.807, 2.05) is 42.5 Å². The van der Waals surface area contributed by atoms with Crippen LogP contribution in [0.15, 0.2) is 71.0 Å². The third kappa shape index (κ3) is 4.22. The highest BCUT2D eigenvalue weighted by atomic mass is 32.2. The molecule has 0 unspecified atom stereocenters. The van der Waals surface area contributed by atoms with Crippen LogP contribution < -0.4 is 5.32 Å². The molecular weight excluding hydrogens is 422 g/mol. The van der Waals surface area contributed by atoms with Crippen LogP contribution in [0.2, 0.25) is 0 Å². The Balaban J connectivity index is 1.42. The number of β-lactam (4-membered cyclic amide) rings is 1. The van der Waals surface area contributed by atoms with E-state index in [2.05, 4.69) is 10.3 Å². The standard InChI is InChI=1S/C21H19N3O4S2/c25-16(12-29-15-6-8-22-9-7-15)23-17-19(26)24-18(21(27)28)14(11-30-20(17)24)10-13-4-2-1-3-5-13/h1-9,17,20H,10-12H2,(H,23,25)(H,27,28)/t17-,20-/m1/s1. The van der Waals surface area contributed by atoms with E-state index in [1.165, 1.54) is 28.4 Å². The number of aliphatic carboxylic acids is 1. The van der Waals surface area contributed by atoms with E-state index < -0.39 is 17.4 Å². The van der Waals surface area contributed by atoms with Gasteiger partial charge in [0.25, 0.3) is 5.91 Å². The zero-order valence-electron chi connectivity index (χ0n) is 15.9. The van der Waals surface area contributed by atoms with Crippen LogP contribution >= 0.6 is 23.5 Å². The van der Waals surface area contributed by atoms with Crippen LogP contribution in [0.5, 0.6) is 0 Å². The molecule has 154 valence electrons. The van der Waals surface area contributed by atoms with Gasteiger partial charge in [-0.15, -0.1) is 23.5 Å². The van der Waals surface area contributed by atoms with Gasteiger partial charge in [0.15, 0.2) is 0 Å². The lowest BCUT2D eigenvalue weighted by Crippen LogP contribution is -2.70. The molecular formula is C21H19N3O4S2. The highest BCUT2D eigenvalue weighted by Crippen LogP contribution is 2.41.